The van der Waals surface area contributed by atoms with Gasteiger partial charge in [-0.15, -0.1) is 11.3 Å². The van der Waals surface area contributed by atoms with Crippen molar-refractivity contribution in [2.45, 2.75) is 13.0 Å². The number of thiophene rings is 1. The molecular formula is C18H19N5O4S. The van der Waals surface area contributed by atoms with E-state index in [1.807, 2.05) is 4.90 Å². The second-order valence-electron chi connectivity index (χ2n) is 6.72. The van der Waals surface area contributed by atoms with E-state index < -0.39 is 5.97 Å². The Morgan fingerprint density at radius 1 is 1.21 bits per heavy atom. The molecule has 2 aromatic heterocycles. The van der Waals surface area contributed by atoms with Crippen molar-refractivity contribution in [2.75, 3.05) is 44.1 Å². The summed E-state index contributed by atoms with van der Waals surface area (Å²) >= 11 is 1.46. The average Bonchev–Trinajstić information content (AvgIpc) is 3.07. The number of esters is 1. The Bertz CT molecular complexity index is 988. The molecule has 2 amide bonds. The molecule has 28 heavy (non-hydrogen) atoms. The highest BCUT2D eigenvalue weighted by molar-refractivity contribution is 7.17. The van der Waals surface area contributed by atoms with Crippen molar-refractivity contribution < 1.29 is 19.1 Å². The fourth-order valence-corrected chi connectivity index (χ4v) is 4.77. The van der Waals surface area contributed by atoms with Crippen molar-refractivity contribution in [1.29, 1.82) is 0 Å². The number of hydrogen-bond donors (Lipinski definition) is 0. The van der Waals surface area contributed by atoms with Crippen LogP contribution in [0.15, 0.2) is 12.4 Å². The number of nitrogens with zero attached hydrogens (tertiary/aromatic N) is 5. The maximum Gasteiger partial charge on any atom is 0.358 e. The molecule has 2 aliphatic heterocycles. The van der Waals surface area contributed by atoms with E-state index >= 15 is 0 Å². The lowest BCUT2D eigenvalue weighted by Gasteiger charge is -2.28. The third kappa shape index (κ3) is 2.89. The van der Waals surface area contributed by atoms with Crippen LogP contribution in [0.4, 0.5) is 10.8 Å². The first kappa shape index (κ1) is 18.4. The Morgan fingerprint density at radius 2 is 2.00 bits per heavy atom. The van der Waals surface area contributed by atoms with Crippen LogP contribution in [-0.4, -0.2) is 66.9 Å². The SMILES string of the molecule is COC(=O)c1cncc(N2CCc3c(sc4c3C(=O)N(C)CC(=O)N4C)C2)n1. The molecule has 0 aromatic carbocycles. The van der Waals surface area contributed by atoms with Gasteiger partial charge in [0.1, 0.15) is 17.4 Å². The number of fused-ring (bicyclic) bond motifs is 3. The highest BCUT2D eigenvalue weighted by Crippen LogP contribution is 2.41. The molecule has 10 heteroatoms. The van der Waals surface area contributed by atoms with Crippen molar-refractivity contribution in [3.8, 4) is 0 Å². The molecule has 0 saturated heterocycles. The zero-order valence-corrected chi connectivity index (χ0v) is 16.6. The van der Waals surface area contributed by atoms with Gasteiger partial charge in [0.2, 0.25) is 5.91 Å². The Labute approximate surface area is 165 Å². The van der Waals surface area contributed by atoms with E-state index in [0.29, 0.717) is 35.9 Å². The first-order valence-corrected chi connectivity index (χ1v) is 9.54. The van der Waals surface area contributed by atoms with Gasteiger partial charge in [0.25, 0.3) is 5.91 Å². The van der Waals surface area contributed by atoms with Gasteiger partial charge in [0.05, 0.1) is 31.6 Å². The van der Waals surface area contributed by atoms with E-state index in [4.69, 9.17) is 4.74 Å². The van der Waals surface area contributed by atoms with Crippen LogP contribution in [0.3, 0.4) is 0 Å². The maximum atomic E-state index is 12.8. The van der Waals surface area contributed by atoms with Crippen molar-refractivity contribution >= 4 is 39.9 Å². The number of rotatable bonds is 2. The maximum absolute atomic E-state index is 12.8. The van der Waals surface area contributed by atoms with Crippen molar-refractivity contribution in [1.82, 2.24) is 14.9 Å². The molecule has 0 radical (unpaired) electrons. The summed E-state index contributed by atoms with van der Waals surface area (Å²) in [5.41, 5.74) is 1.77. The molecule has 4 heterocycles. The van der Waals surface area contributed by atoms with Crippen LogP contribution in [0.25, 0.3) is 0 Å². The van der Waals surface area contributed by atoms with Crippen LogP contribution < -0.4 is 9.80 Å². The Balaban J connectivity index is 1.69. The van der Waals surface area contributed by atoms with Crippen LogP contribution in [0.1, 0.15) is 31.3 Å². The summed E-state index contributed by atoms with van der Waals surface area (Å²) in [6.45, 7) is 1.24. The van der Waals surface area contributed by atoms with Crippen LogP contribution in [-0.2, 0) is 22.5 Å². The molecule has 0 N–H and O–H groups in total. The van der Waals surface area contributed by atoms with Gasteiger partial charge < -0.3 is 19.4 Å². The average molecular weight is 401 g/mol. The molecule has 0 bridgehead atoms. The second-order valence-corrected chi connectivity index (χ2v) is 7.81. The predicted octanol–water partition coefficient (Wildman–Crippen LogP) is 0.936. The Morgan fingerprint density at radius 3 is 2.75 bits per heavy atom. The summed E-state index contributed by atoms with van der Waals surface area (Å²) in [4.78, 5) is 51.4. The van der Waals surface area contributed by atoms with Gasteiger partial charge in [-0.3, -0.25) is 14.6 Å². The molecule has 0 fully saturated rings. The second kappa shape index (κ2) is 6.86. The number of aromatic nitrogens is 2. The number of carbonyl (C=O) groups is 3. The first-order valence-electron chi connectivity index (χ1n) is 8.72. The Hall–Kier alpha value is -3.01. The molecular weight excluding hydrogens is 382 g/mol. The van der Waals surface area contributed by atoms with Gasteiger partial charge in [-0.1, -0.05) is 0 Å². The number of hydrogen-bond acceptors (Lipinski definition) is 8. The van der Waals surface area contributed by atoms with Crippen LogP contribution in [0.5, 0.6) is 0 Å². The summed E-state index contributed by atoms with van der Waals surface area (Å²) in [5.74, 6) is -0.193. The lowest BCUT2D eigenvalue weighted by atomic mass is 10.0. The van der Waals surface area contributed by atoms with Gasteiger partial charge in [-0.2, -0.15) is 0 Å². The van der Waals surface area contributed by atoms with Crippen molar-refractivity contribution in [3.05, 3.63) is 34.1 Å². The summed E-state index contributed by atoms with van der Waals surface area (Å²) in [6, 6.07) is 0. The van der Waals surface area contributed by atoms with Crippen molar-refractivity contribution in [2.24, 2.45) is 0 Å². The van der Waals surface area contributed by atoms with E-state index in [-0.39, 0.29) is 24.1 Å². The van der Waals surface area contributed by atoms with E-state index in [1.54, 1.807) is 25.2 Å². The topological polar surface area (TPSA) is 95.9 Å². The standard InChI is InChI=1S/C18H19N5O4S/c1-21-9-14(24)22(2)17-15(16(21)25)10-4-5-23(8-12(10)28-17)13-7-19-6-11(20-13)18(26)27-3/h6-7H,4-5,8-9H2,1-3H3. The number of ether oxygens (including phenoxy) is 1. The van der Waals surface area contributed by atoms with Gasteiger partial charge in [0, 0.05) is 25.5 Å². The predicted molar refractivity (Wildman–Crippen MR) is 103 cm³/mol. The van der Waals surface area contributed by atoms with Gasteiger partial charge in [-0.05, 0) is 12.0 Å². The zero-order valence-electron chi connectivity index (χ0n) is 15.8. The third-order valence-corrected chi connectivity index (χ3v) is 6.28. The summed E-state index contributed by atoms with van der Waals surface area (Å²) in [5, 5.41) is 0.695. The van der Waals surface area contributed by atoms with Crippen LogP contribution in [0.2, 0.25) is 0 Å². The van der Waals surface area contributed by atoms with Gasteiger partial charge in [0.15, 0.2) is 5.69 Å². The lowest BCUT2D eigenvalue weighted by molar-refractivity contribution is -0.118. The lowest BCUT2D eigenvalue weighted by Crippen LogP contribution is -2.36. The van der Waals surface area contributed by atoms with Crippen LogP contribution >= 0.6 is 11.3 Å². The van der Waals surface area contributed by atoms with Crippen molar-refractivity contribution in [3.63, 3.8) is 0 Å². The number of methoxy groups -OCH3 is 1. The van der Waals surface area contributed by atoms with Gasteiger partial charge >= 0.3 is 5.97 Å². The molecule has 0 atom stereocenters. The monoisotopic (exact) mass is 401 g/mol. The molecule has 0 spiro atoms. The summed E-state index contributed by atoms with van der Waals surface area (Å²) < 4.78 is 4.71. The molecule has 9 nitrogen and oxygen atoms in total. The van der Waals surface area contributed by atoms with E-state index in [2.05, 4.69) is 9.97 Å². The fourth-order valence-electron chi connectivity index (χ4n) is 3.44. The van der Waals surface area contributed by atoms with E-state index in [9.17, 15) is 14.4 Å². The highest BCUT2D eigenvalue weighted by Gasteiger charge is 2.35. The quantitative estimate of drug-likeness (QED) is 0.691. The van der Waals surface area contributed by atoms with E-state index in [0.717, 1.165) is 10.4 Å². The summed E-state index contributed by atoms with van der Waals surface area (Å²) in [7, 11) is 4.66. The molecule has 4 rings (SSSR count). The molecule has 0 aliphatic carbocycles. The number of likely N-dealkylation sites (N-methyl/N-ethyl adjacent to an activating group) is 2. The van der Waals surface area contributed by atoms with E-state index in [1.165, 1.54) is 29.5 Å². The molecule has 0 saturated carbocycles. The smallest absolute Gasteiger partial charge is 0.358 e. The third-order valence-electron chi connectivity index (χ3n) is 4.99. The normalized spacial score (nSPS) is 16.6. The van der Waals surface area contributed by atoms with Crippen LogP contribution in [0, 0.1) is 0 Å². The number of carbonyl (C=O) groups excluding carboxylic acids is 3. The molecule has 2 aromatic rings. The molecule has 0 unspecified atom stereocenters. The zero-order chi connectivity index (χ0) is 20.0. The molecule has 2 aliphatic rings. The minimum Gasteiger partial charge on any atom is -0.464 e. The fraction of sp³-hybridized carbons (Fsp3) is 0.389. The minimum absolute atomic E-state index is 0.0769. The number of amides is 2. The molecule has 146 valence electrons. The summed E-state index contributed by atoms with van der Waals surface area (Å²) in [6.07, 6.45) is 3.62. The number of anilines is 2. The Kier molecular flexibility index (Phi) is 4.50. The highest BCUT2D eigenvalue weighted by atomic mass is 32.1. The first-order chi connectivity index (χ1) is 13.4. The largest absolute Gasteiger partial charge is 0.464 e. The minimum atomic E-state index is -0.538. The van der Waals surface area contributed by atoms with Gasteiger partial charge in [-0.25, -0.2) is 9.78 Å².